The summed E-state index contributed by atoms with van der Waals surface area (Å²) in [6.07, 6.45) is 0. The third-order valence-corrected chi connectivity index (χ3v) is 6.84. The van der Waals surface area contributed by atoms with Crippen LogP contribution in [-0.2, 0) is 4.08 Å². The van der Waals surface area contributed by atoms with Gasteiger partial charge in [0.25, 0.3) is 0 Å². The maximum atomic E-state index is 5.38. The lowest BCUT2D eigenvalue weighted by Gasteiger charge is -2.28. The zero-order chi connectivity index (χ0) is 13.1. The first-order valence-corrected chi connectivity index (χ1v) is 8.30. The largest absolute Gasteiger partial charge is 0.497 e. The van der Waals surface area contributed by atoms with Gasteiger partial charge in [-0.25, -0.2) is 0 Å². The predicted molar refractivity (Wildman–Crippen MR) is 85.1 cm³/mol. The molecule has 0 aromatic heterocycles. The van der Waals surface area contributed by atoms with Gasteiger partial charge in [-0.05, 0) is 23.3 Å². The molecular weight excluding hydrogens is 272 g/mol. The third kappa shape index (κ3) is 2.37. The van der Waals surface area contributed by atoms with Crippen LogP contribution >= 0.6 is 23.5 Å². The molecule has 19 heavy (non-hydrogen) atoms. The fraction of sp³-hybridized carbons (Fsp3) is 0.250. The van der Waals surface area contributed by atoms with Gasteiger partial charge in [-0.3, -0.25) is 0 Å². The van der Waals surface area contributed by atoms with Crippen LogP contribution < -0.4 is 4.74 Å². The van der Waals surface area contributed by atoms with Crippen molar-refractivity contribution in [2.45, 2.75) is 4.08 Å². The second-order valence-electron chi connectivity index (χ2n) is 4.41. The van der Waals surface area contributed by atoms with E-state index in [4.69, 9.17) is 4.74 Å². The fourth-order valence-electron chi connectivity index (χ4n) is 2.40. The number of ether oxygens (including phenoxy) is 1. The number of thioether (sulfide) groups is 2. The second-order valence-corrected chi connectivity index (χ2v) is 7.29. The van der Waals surface area contributed by atoms with Crippen LogP contribution in [0, 0.1) is 0 Å². The smallest absolute Gasteiger partial charge is 0.119 e. The van der Waals surface area contributed by atoms with Crippen molar-refractivity contribution in [1.82, 2.24) is 0 Å². The maximum Gasteiger partial charge on any atom is 0.119 e. The number of methoxy groups -OCH3 is 1. The van der Waals surface area contributed by atoms with Crippen molar-refractivity contribution in [1.29, 1.82) is 0 Å². The predicted octanol–water partition coefficient (Wildman–Crippen LogP) is 4.38. The van der Waals surface area contributed by atoms with Crippen molar-refractivity contribution in [3.05, 3.63) is 65.7 Å². The molecule has 0 amide bonds. The molecule has 0 N–H and O–H groups in total. The van der Waals surface area contributed by atoms with Gasteiger partial charge in [0.2, 0.25) is 0 Å². The molecule has 1 saturated heterocycles. The molecule has 2 aromatic carbocycles. The van der Waals surface area contributed by atoms with E-state index in [-0.39, 0.29) is 4.08 Å². The standard InChI is InChI=1S/C16H16OS2/c1-17-15-9-5-8-14(12-15)16(18-10-11-19-16)13-6-3-2-4-7-13/h2-9,12H,10-11H2,1H3. The van der Waals surface area contributed by atoms with E-state index in [1.807, 2.05) is 29.6 Å². The molecule has 0 aliphatic carbocycles. The quantitative estimate of drug-likeness (QED) is 0.829. The van der Waals surface area contributed by atoms with Crippen LogP contribution in [0.25, 0.3) is 0 Å². The minimum atomic E-state index is 0.0236. The van der Waals surface area contributed by atoms with Gasteiger partial charge in [0.15, 0.2) is 0 Å². The number of hydrogen-bond acceptors (Lipinski definition) is 3. The van der Waals surface area contributed by atoms with Gasteiger partial charge in [-0.1, -0.05) is 42.5 Å². The molecule has 3 heteroatoms. The Kier molecular flexibility index (Phi) is 3.76. The molecule has 0 atom stereocenters. The molecule has 1 aliphatic rings. The van der Waals surface area contributed by atoms with E-state index in [1.54, 1.807) is 7.11 Å². The molecule has 0 unspecified atom stereocenters. The van der Waals surface area contributed by atoms with E-state index >= 15 is 0 Å². The molecule has 98 valence electrons. The van der Waals surface area contributed by atoms with Crippen molar-refractivity contribution < 1.29 is 4.74 Å². The van der Waals surface area contributed by atoms with Gasteiger partial charge in [-0.2, -0.15) is 0 Å². The van der Waals surface area contributed by atoms with Gasteiger partial charge >= 0.3 is 0 Å². The Morgan fingerprint density at radius 1 is 0.895 bits per heavy atom. The van der Waals surface area contributed by atoms with Crippen molar-refractivity contribution in [2.24, 2.45) is 0 Å². The fourth-order valence-corrected chi connectivity index (χ4v) is 5.67. The summed E-state index contributed by atoms with van der Waals surface area (Å²) < 4.78 is 5.40. The van der Waals surface area contributed by atoms with E-state index in [0.29, 0.717) is 0 Å². The highest BCUT2D eigenvalue weighted by Crippen LogP contribution is 2.56. The SMILES string of the molecule is COc1cccc(C2(c3ccccc3)SCCS2)c1. The lowest BCUT2D eigenvalue weighted by molar-refractivity contribution is 0.414. The molecule has 0 spiro atoms. The Balaban J connectivity index is 2.10. The van der Waals surface area contributed by atoms with Crippen LogP contribution in [0.3, 0.4) is 0 Å². The number of benzene rings is 2. The van der Waals surface area contributed by atoms with Crippen LogP contribution in [0.2, 0.25) is 0 Å². The molecule has 0 radical (unpaired) electrons. The third-order valence-electron chi connectivity index (χ3n) is 3.30. The van der Waals surface area contributed by atoms with E-state index in [2.05, 4.69) is 48.5 Å². The summed E-state index contributed by atoms with van der Waals surface area (Å²) in [4.78, 5) is 0. The summed E-state index contributed by atoms with van der Waals surface area (Å²) in [7, 11) is 1.73. The molecule has 0 bridgehead atoms. The minimum absolute atomic E-state index is 0.0236. The average molecular weight is 288 g/mol. The summed E-state index contributed by atoms with van der Waals surface area (Å²) >= 11 is 4.05. The number of hydrogen-bond donors (Lipinski definition) is 0. The Bertz CT molecular complexity index is 548. The summed E-state index contributed by atoms with van der Waals surface area (Å²) in [6.45, 7) is 0. The number of rotatable bonds is 3. The Morgan fingerprint density at radius 3 is 2.26 bits per heavy atom. The second kappa shape index (κ2) is 5.51. The zero-order valence-corrected chi connectivity index (χ0v) is 12.5. The van der Waals surface area contributed by atoms with Gasteiger partial charge in [0, 0.05) is 11.5 Å². The summed E-state index contributed by atoms with van der Waals surface area (Å²) in [6, 6.07) is 19.2. The molecule has 1 heterocycles. The van der Waals surface area contributed by atoms with Gasteiger partial charge in [0.1, 0.15) is 9.83 Å². The first kappa shape index (κ1) is 12.9. The topological polar surface area (TPSA) is 9.23 Å². The van der Waals surface area contributed by atoms with Crippen LogP contribution in [0.5, 0.6) is 5.75 Å². The zero-order valence-electron chi connectivity index (χ0n) is 10.8. The average Bonchev–Trinajstić information content (AvgIpc) is 2.99. The molecule has 1 fully saturated rings. The van der Waals surface area contributed by atoms with Crippen molar-refractivity contribution in [3.63, 3.8) is 0 Å². The van der Waals surface area contributed by atoms with Gasteiger partial charge in [-0.15, -0.1) is 23.5 Å². The van der Waals surface area contributed by atoms with Crippen LogP contribution in [0.4, 0.5) is 0 Å². The molecule has 1 aliphatic heterocycles. The van der Waals surface area contributed by atoms with Crippen LogP contribution in [0.15, 0.2) is 54.6 Å². The Labute approximate surface area is 122 Å². The highest BCUT2D eigenvalue weighted by Gasteiger charge is 2.39. The normalized spacial score (nSPS) is 17.3. The maximum absolute atomic E-state index is 5.38. The highest BCUT2D eigenvalue weighted by atomic mass is 32.2. The molecule has 3 rings (SSSR count). The van der Waals surface area contributed by atoms with E-state index < -0.39 is 0 Å². The van der Waals surface area contributed by atoms with Crippen molar-refractivity contribution in [2.75, 3.05) is 18.6 Å². The molecule has 1 nitrogen and oxygen atoms in total. The lowest BCUT2D eigenvalue weighted by atomic mass is 10.0. The van der Waals surface area contributed by atoms with Crippen molar-refractivity contribution in [3.8, 4) is 5.75 Å². The molecule has 2 aromatic rings. The minimum Gasteiger partial charge on any atom is -0.497 e. The van der Waals surface area contributed by atoms with E-state index in [9.17, 15) is 0 Å². The lowest BCUT2D eigenvalue weighted by Crippen LogP contribution is -2.16. The van der Waals surface area contributed by atoms with E-state index in [1.165, 1.54) is 22.6 Å². The molecule has 0 saturated carbocycles. The Morgan fingerprint density at radius 2 is 1.58 bits per heavy atom. The summed E-state index contributed by atoms with van der Waals surface area (Å²) in [5, 5.41) is 0. The summed E-state index contributed by atoms with van der Waals surface area (Å²) in [5.41, 5.74) is 2.70. The molecular formula is C16H16OS2. The first-order valence-electron chi connectivity index (χ1n) is 6.33. The first-order chi connectivity index (χ1) is 9.35. The monoisotopic (exact) mass is 288 g/mol. The van der Waals surface area contributed by atoms with Crippen molar-refractivity contribution >= 4 is 23.5 Å². The van der Waals surface area contributed by atoms with E-state index in [0.717, 1.165) is 5.75 Å². The van der Waals surface area contributed by atoms with Gasteiger partial charge in [0.05, 0.1) is 7.11 Å². The van der Waals surface area contributed by atoms with Crippen LogP contribution in [0.1, 0.15) is 11.1 Å². The Hall–Kier alpha value is -1.06. The summed E-state index contributed by atoms with van der Waals surface area (Å²) in [5.74, 6) is 3.31. The highest BCUT2D eigenvalue weighted by molar-refractivity contribution is 8.20. The van der Waals surface area contributed by atoms with Crippen LogP contribution in [-0.4, -0.2) is 18.6 Å². The van der Waals surface area contributed by atoms with Gasteiger partial charge < -0.3 is 4.74 Å².